The molecule has 6 heteroatoms. The molecule has 0 amide bonds. The number of rotatable bonds is 12. The molecular weight excluding hydrogens is 380 g/mol. The third kappa shape index (κ3) is 6.75. The fourth-order valence-electron chi connectivity index (χ4n) is 2.99. The van der Waals surface area contributed by atoms with Crippen LogP contribution in [0.2, 0.25) is 0 Å². The molecule has 154 valence electrons. The van der Waals surface area contributed by atoms with Crippen LogP contribution < -0.4 is 15.4 Å². The van der Waals surface area contributed by atoms with Crippen LogP contribution in [0.1, 0.15) is 45.4 Å². The zero-order chi connectivity index (χ0) is 20.3. The predicted molar refractivity (Wildman–Crippen MR) is 123 cm³/mol. The summed E-state index contributed by atoms with van der Waals surface area (Å²) in [6.07, 6.45) is 9.49. The minimum atomic E-state index is 0.787. The Kier molecular flexibility index (Phi) is 8.31. The third-order valence-corrected chi connectivity index (χ3v) is 5.45. The zero-order valence-corrected chi connectivity index (χ0v) is 18.1. The van der Waals surface area contributed by atoms with Gasteiger partial charge in [-0.1, -0.05) is 39.0 Å². The van der Waals surface area contributed by atoms with Crippen molar-refractivity contribution in [2.45, 2.75) is 45.4 Å². The maximum atomic E-state index is 5.85. The molecule has 0 saturated heterocycles. The Labute approximate surface area is 177 Å². The van der Waals surface area contributed by atoms with Crippen molar-refractivity contribution in [3.8, 4) is 17.0 Å². The lowest BCUT2D eigenvalue weighted by atomic mass is 10.1. The molecule has 0 aliphatic heterocycles. The van der Waals surface area contributed by atoms with Crippen LogP contribution in [0.15, 0.2) is 48.0 Å². The van der Waals surface area contributed by atoms with Gasteiger partial charge in [0, 0.05) is 29.9 Å². The Morgan fingerprint density at radius 1 is 0.966 bits per heavy atom. The van der Waals surface area contributed by atoms with Gasteiger partial charge in [-0.05, 0) is 42.8 Å². The quantitative estimate of drug-likeness (QED) is 0.324. The monoisotopic (exact) mass is 410 g/mol. The second-order valence-corrected chi connectivity index (χ2v) is 7.84. The van der Waals surface area contributed by atoms with Crippen molar-refractivity contribution in [2.24, 2.45) is 0 Å². The maximum absolute atomic E-state index is 5.85. The molecule has 0 unspecified atom stereocenters. The minimum absolute atomic E-state index is 0.787. The van der Waals surface area contributed by atoms with E-state index in [1.807, 2.05) is 55.0 Å². The van der Waals surface area contributed by atoms with Crippen LogP contribution in [-0.4, -0.2) is 23.6 Å². The number of hydrogen-bond acceptors (Lipinski definition) is 6. The molecule has 2 N–H and O–H groups in total. The number of benzene rings is 1. The molecule has 0 aliphatic rings. The molecule has 2 heterocycles. The molecule has 0 radical (unpaired) electrons. The van der Waals surface area contributed by atoms with Crippen molar-refractivity contribution < 1.29 is 4.74 Å². The van der Waals surface area contributed by atoms with Crippen LogP contribution in [0.5, 0.6) is 5.75 Å². The van der Waals surface area contributed by atoms with Gasteiger partial charge >= 0.3 is 0 Å². The molecule has 0 saturated carbocycles. The molecule has 0 spiro atoms. The van der Waals surface area contributed by atoms with Crippen molar-refractivity contribution in [1.29, 1.82) is 0 Å². The van der Waals surface area contributed by atoms with E-state index in [4.69, 9.17) is 4.74 Å². The first-order valence-corrected chi connectivity index (χ1v) is 11.3. The Balaban J connectivity index is 1.45. The summed E-state index contributed by atoms with van der Waals surface area (Å²) < 4.78 is 5.85. The highest BCUT2D eigenvalue weighted by Crippen LogP contribution is 2.28. The summed E-state index contributed by atoms with van der Waals surface area (Å²) in [5.41, 5.74) is 2.93. The molecule has 0 fully saturated rings. The number of unbranched alkanes of at least 4 members (excludes halogenated alkanes) is 5. The first-order chi connectivity index (χ1) is 14.3. The largest absolute Gasteiger partial charge is 0.494 e. The molecular formula is C23H30N4OS. The molecule has 3 rings (SSSR count). The summed E-state index contributed by atoms with van der Waals surface area (Å²) in [5, 5.41) is 9.28. The molecule has 2 aromatic heterocycles. The predicted octanol–water partition coefficient (Wildman–Crippen LogP) is 6.73. The Morgan fingerprint density at radius 2 is 1.76 bits per heavy atom. The van der Waals surface area contributed by atoms with E-state index in [2.05, 4.69) is 27.5 Å². The number of pyridine rings is 1. The third-order valence-electron chi connectivity index (χ3n) is 4.69. The lowest BCUT2D eigenvalue weighted by Gasteiger charge is -2.08. The molecule has 1 aromatic carbocycles. The van der Waals surface area contributed by atoms with E-state index >= 15 is 0 Å². The standard InChI is InChI=1S/C23H30N4OS/c1-3-4-5-6-7-8-15-28-20-12-10-19(11-13-20)26-23-27-21(17-29-23)18-9-14-22(24-2)25-16-18/h9-14,16-17H,3-8,15H2,1-2H3,(H,24,25)(H,26,27). The van der Waals surface area contributed by atoms with E-state index in [-0.39, 0.29) is 0 Å². The molecule has 5 nitrogen and oxygen atoms in total. The van der Waals surface area contributed by atoms with E-state index in [9.17, 15) is 0 Å². The van der Waals surface area contributed by atoms with Crippen molar-refractivity contribution >= 4 is 28.0 Å². The second kappa shape index (κ2) is 11.4. The second-order valence-electron chi connectivity index (χ2n) is 6.99. The van der Waals surface area contributed by atoms with E-state index in [0.29, 0.717) is 0 Å². The summed E-state index contributed by atoms with van der Waals surface area (Å²) in [6.45, 7) is 3.03. The summed E-state index contributed by atoms with van der Waals surface area (Å²) in [5.74, 6) is 1.76. The number of aromatic nitrogens is 2. The highest BCUT2D eigenvalue weighted by atomic mass is 32.1. The topological polar surface area (TPSA) is 59.1 Å². The molecule has 3 aromatic rings. The molecule has 0 bridgehead atoms. The summed E-state index contributed by atoms with van der Waals surface area (Å²) in [7, 11) is 1.86. The lowest BCUT2D eigenvalue weighted by molar-refractivity contribution is 0.304. The Hall–Kier alpha value is -2.60. The number of thiazole rings is 1. The van der Waals surface area contributed by atoms with Gasteiger partial charge in [0.2, 0.25) is 0 Å². The van der Waals surface area contributed by atoms with Gasteiger partial charge in [0.05, 0.1) is 12.3 Å². The summed E-state index contributed by atoms with van der Waals surface area (Å²) >= 11 is 1.58. The van der Waals surface area contributed by atoms with Crippen molar-refractivity contribution in [3.05, 3.63) is 48.0 Å². The Bertz CT molecular complexity index is 846. The number of hydrogen-bond donors (Lipinski definition) is 2. The van der Waals surface area contributed by atoms with E-state index in [1.54, 1.807) is 11.3 Å². The highest BCUT2D eigenvalue weighted by Gasteiger charge is 2.06. The normalized spacial score (nSPS) is 10.7. The van der Waals surface area contributed by atoms with Gasteiger partial charge in [-0.15, -0.1) is 11.3 Å². The SMILES string of the molecule is CCCCCCCCOc1ccc(Nc2nc(-c3ccc(NC)nc3)cs2)cc1. The van der Waals surface area contributed by atoms with E-state index in [1.165, 1.54) is 32.1 Å². The van der Waals surface area contributed by atoms with Gasteiger partial charge in [-0.3, -0.25) is 0 Å². The van der Waals surface area contributed by atoms with Crippen LogP contribution in [0.4, 0.5) is 16.6 Å². The van der Waals surface area contributed by atoms with Crippen LogP contribution >= 0.6 is 11.3 Å². The van der Waals surface area contributed by atoms with Gasteiger partial charge < -0.3 is 15.4 Å². The Morgan fingerprint density at radius 3 is 2.48 bits per heavy atom. The van der Waals surface area contributed by atoms with Crippen LogP contribution in [0, 0.1) is 0 Å². The maximum Gasteiger partial charge on any atom is 0.187 e. The van der Waals surface area contributed by atoms with Crippen molar-refractivity contribution in [1.82, 2.24) is 9.97 Å². The lowest BCUT2D eigenvalue weighted by Crippen LogP contribution is -1.97. The van der Waals surface area contributed by atoms with Crippen LogP contribution in [0.3, 0.4) is 0 Å². The number of anilines is 3. The number of ether oxygens (including phenoxy) is 1. The number of nitrogens with one attached hydrogen (secondary N) is 2. The summed E-state index contributed by atoms with van der Waals surface area (Å²) in [6, 6.07) is 12.0. The van der Waals surface area contributed by atoms with Gasteiger partial charge in [-0.25, -0.2) is 9.97 Å². The molecule has 29 heavy (non-hydrogen) atoms. The van der Waals surface area contributed by atoms with Gasteiger partial charge in [0.15, 0.2) is 5.13 Å². The molecule has 0 atom stereocenters. The fourth-order valence-corrected chi connectivity index (χ4v) is 3.73. The molecule has 0 aliphatic carbocycles. The van der Waals surface area contributed by atoms with Crippen LogP contribution in [-0.2, 0) is 0 Å². The number of nitrogens with zero attached hydrogens (tertiary/aromatic N) is 2. The first kappa shape index (κ1) is 21.1. The first-order valence-electron chi connectivity index (χ1n) is 10.4. The van der Waals surface area contributed by atoms with Gasteiger partial charge in [0.1, 0.15) is 11.6 Å². The van der Waals surface area contributed by atoms with E-state index < -0.39 is 0 Å². The van der Waals surface area contributed by atoms with Gasteiger partial charge in [0.25, 0.3) is 0 Å². The van der Waals surface area contributed by atoms with Gasteiger partial charge in [-0.2, -0.15) is 0 Å². The highest BCUT2D eigenvalue weighted by molar-refractivity contribution is 7.14. The van der Waals surface area contributed by atoms with E-state index in [0.717, 1.165) is 46.7 Å². The zero-order valence-electron chi connectivity index (χ0n) is 17.3. The smallest absolute Gasteiger partial charge is 0.187 e. The summed E-state index contributed by atoms with van der Waals surface area (Å²) in [4.78, 5) is 9.01. The fraction of sp³-hybridized carbons (Fsp3) is 0.391. The van der Waals surface area contributed by atoms with Crippen LogP contribution in [0.25, 0.3) is 11.3 Å². The minimum Gasteiger partial charge on any atom is -0.494 e. The van der Waals surface area contributed by atoms with Crippen molar-refractivity contribution in [2.75, 3.05) is 24.3 Å². The average Bonchev–Trinajstić information content (AvgIpc) is 3.23. The average molecular weight is 411 g/mol. The van der Waals surface area contributed by atoms with Crippen molar-refractivity contribution in [3.63, 3.8) is 0 Å².